The van der Waals surface area contributed by atoms with Crippen molar-refractivity contribution in [2.45, 2.75) is 20.0 Å². The van der Waals surface area contributed by atoms with Crippen LogP contribution >= 0.6 is 0 Å². The number of benzene rings is 2. The summed E-state index contributed by atoms with van der Waals surface area (Å²) in [5.74, 6) is 0.946. The van der Waals surface area contributed by atoms with Gasteiger partial charge in [-0.15, -0.1) is 0 Å². The van der Waals surface area contributed by atoms with Gasteiger partial charge in [0.15, 0.2) is 17.6 Å². The number of nitrogens with one attached hydrogen (secondary N) is 1. The van der Waals surface area contributed by atoms with Crippen molar-refractivity contribution in [1.29, 1.82) is 0 Å². The van der Waals surface area contributed by atoms with E-state index in [9.17, 15) is 9.59 Å². The van der Waals surface area contributed by atoms with Crippen molar-refractivity contribution in [2.75, 3.05) is 26.7 Å². The molecule has 1 atom stereocenters. The lowest BCUT2D eigenvalue weighted by Crippen LogP contribution is -2.45. The average Bonchev–Trinajstić information content (AvgIpc) is 2.67. The maximum absolute atomic E-state index is 12.3. The maximum atomic E-state index is 12.3. The first kappa shape index (κ1) is 18.8. The van der Waals surface area contributed by atoms with Crippen LogP contribution in [0.25, 0.3) is 0 Å². The van der Waals surface area contributed by atoms with Crippen molar-refractivity contribution in [1.82, 2.24) is 10.2 Å². The molecule has 1 N–H and O–H groups in total. The van der Waals surface area contributed by atoms with Gasteiger partial charge >= 0.3 is 0 Å². The van der Waals surface area contributed by atoms with Gasteiger partial charge in [-0.3, -0.25) is 9.59 Å². The van der Waals surface area contributed by atoms with Gasteiger partial charge in [-0.25, -0.2) is 0 Å². The molecular formula is C21H24N2O4. The molecule has 0 bridgehead atoms. The van der Waals surface area contributed by atoms with Gasteiger partial charge < -0.3 is 19.7 Å². The van der Waals surface area contributed by atoms with Crippen LogP contribution < -0.4 is 14.8 Å². The Morgan fingerprint density at radius 2 is 1.85 bits per heavy atom. The summed E-state index contributed by atoms with van der Waals surface area (Å²) in [5, 5.41) is 2.68. The molecule has 1 aliphatic rings. The number of fused-ring (bicyclic) bond motifs is 1. The molecule has 6 heteroatoms. The molecule has 2 aromatic rings. The number of likely N-dealkylation sites (N-methyl/N-ethyl adjacent to an activating group) is 1. The van der Waals surface area contributed by atoms with E-state index in [0.717, 1.165) is 11.1 Å². The van der Waals surface area contributed by atoms with Crippen LogP contribution in [-0.4, -0.2) is 49.6 Å². The third kappa shape index (κ3) is 4.58. The van der Waals surface area contributed by atoms with Gasteiger partial charge in [-0.2, -0.15) is 0 Å². The number of rotatable bonds is 5. The van der Waals surface area contributed by atoms with Crippen LogP contribution in [0.2, 0.25) is 0 Å². The number of ether oxygens (including phenoxy) is 2. The fourth-order valence-electron chi connectivity index (χ4n) is 2.84. The Kier molecular flexibility index (Phi) is 5.64. The Balaban J connectivity index is 1.49. The van der Waals surface area contributed by atoms with Crippen molar-refractivity contribution in [3.05, 3.63) is 59.2 Å². The quantitative estimate of drug-likeness (QED) is 0.880. The third-order valence-electron chi connectivity index (χ3n) is 4.64. The molecule has 0 unspecified atom stereocenters. The molecule has 142 valence electrons. The zero-order valence-electron chi connectivity index (χ0n) is 15.8. The molecule has 0 radical (unpaired) electrons. The Labute approximate surface area is 159 Å². The molecule has 0 aromatic heterocycles. The second-order valence-corrected chi connectivity index (χ2v) is 6.75. The second-order valence-electron chi connectivity index (χ2n) is 6.75. The van der Waals surface area contributed by atoms with Crippen LogP contribution in [0.5, 0.6) is 11.5 Å². The maximum Gasteiger partial charge on any atom is 0.251 e. The molecule has 2 aromatic carbocycles. The third-order valence-corrected chi connectivity index (χ3v) is 4.64. The highest BCUT2D eigenvalue weighted by molar-refractivity contribution is 5.96. The molecule has 27 heavy (non-hydrogen) atoms. The standard InChI is InChI=1S/C21H24N2O4/c1-14-8-9-16(10-15(14)2)21(25)22-11-20(24)23(3)12-17-13-26-18-6-4-5-7-19(18)27-17/h4-10,17H,11-13H2,1-3H3,(H,22,25)/t17-/m1/s1. The van der Waals surface area contributed by atoms with Crippen molar-refractivity contribution in [3.63, 3.8) is 0 Å². The minimum atomic E-state index is -0.258. The number of carbonyl (C=O) groups is 2. The summed E-state index contributed by atoms with van der Waals surface area (Å²) in [5.41, 5.74) is 2.72. The fraction of sp³-hybridized carbons (Fsp3) is 0.333. The summed E-state index contributed by atoms with van der Waals surface area (Å²) >= 11 is 0. The Morgan fingerprint density at radius 1 is 1.11 bits per heavy atom. The second kappa shape index (κ2) is 8.12. The van der Waals surface area contributed by atoms with E-state index in [1.54, 1.807) is 18.0 Å². The predicted octanol–water partition coefficient (Wildman–Crippen LogP) is 2.33. The number of amides is 2. The summed E-state index contributed by atoms with van der Waals surface area (Å²) in [6.07, 6.45) is -0.246. The lowest BCUT2D eigenvalue weighted by molar-refractivity contribution is -0.130. The number of nitrogens with zero attached hydrogens (tertiary/aromatic N) is 1. The van der Waals surface area contributed by atoms with Gasteiger partial charge in [0.2, 0.25) is 5.91 Å². The lowest BCUT2D eigenvalue weighted by atomic mass is 10.1. The normalized spacial score (nSPS) is 15.1. The summed E-state index contributed by atoms with van der Waals surface area (Å²) in [6.45, 7) is 4.64. The zero-order valence-corrected chi connectivity index (χ0v) is 15.8. The first-order valence-corrected chi connectivity index (χ1v) is 8.92. The van der Waals surface area contributed by atoms with Crippen molar-refractivity contribution < 1.29 is 19.1 Å². The highest BCUT2D eigenvalue weighted by Crippen LogP contribution is 2.30. The SMILES string of the molecule is Cc1ccc(C(=O)NCC(=O)N(C)C[C@@H]2COc3ccccc3O2)cc1C. The summed E-state index contributed by atoms with van der Waals surface area (Å²) in [4.78, 5) is 26.1. The summed E-state index contributed by atoms with van der Waals surface area (Å²) < 4.78 is 11.5. The molecule has 2 amide bonds. The molecule has 0 aliphatic carbocycles. The first-order valence-electron chi connectivity index (χ1n) is 8.92. The summed E-state index contributed by atoms with van der Waals surface area (Å²) in [6, 6.07) is 12.9. The molecule has 3 rings (SSSR count). The van der Waals surface area contributed by atoms with E-state index in [0.29, 0.717) is 30.2 Å². The van der Waals surface area contributed by atoms with E-state index in [1.807, 2.05) is 50.2 Å². The minimum absolute atomic E-state index is 0.0631. The monoisotopic (exact) mass is 368 g/mol. The lowest BCUT2D eigenvalue weighted by Gasteiger charge is -2.29. The van der Waals surface area contributed by atoms with Crippen LogP contribution in [0.1, 0.15) is 21.5 Å². The van der Waals surface area contributed by atoms with Crippen LogP contribution in [-0.2, 0) is 4.79 Å². The van der Waals surface area contributed by atoms with E-state index in [2.05, 4.69) is 5.32 Å². The van der Waals surface area contributed by atoms with Crippen molar-refractivity contribution >= 4 is 11.8 Å². The predicted molar refractivity (Wildman–Crippen MR) is 102 cm³/mol. The van der Waals surface area contributed by atoms with Crippen LogP contribution in [0.15, 0.2) is 42.5 Å². The van der Waals surface area contributed by atoms with Crippen molar-refractivity contribution in [3.8, 4) is 11.5 Å². The number of hydrogen-bond acceptors (Lipinski definition) is 4. The van der Waals surface area contributed by atoms with Crippen molar-refractivity contribution in [2.24, 2.45) is 0 Å². The Bertz CT molecular complexity index is 850. The molecule has 1 aliphatic heterocycles. The van der Waals surface area contributed by atoms with Gasteiger partial charge in [-0.05, 0) is 49.2 Å². The first-order chi connectivity index (χ1) is 12.9. The topological polar surface area (TPSA) is 67.9 Å². The van der Waals surface area contributed by atoms with E-state index in [4.69, 9.17) is 9.47 Å². The molecule has 0 saturated carbocycles. The Hall–Kier alpha value is -3.02. The molecule has 0 spiro atoms. The van der Waals surface area contributed by atoms with Crippen LogP contribution in [0.4, 0.5) is 0 Å². The zero-order chi connectivity index (χ0) is 19.4. The van der Waals surface area contributed by atoms with E-state index in [-0.39, 0.29) is 24.5 Å². The van der Waals surface area contributed by atoms with Gasteiger partial charge in [-0.1, -0.05) is 18.2 Å². The summed E-state index contributed by atoms with van der Waals surface area (Å²) in [7, 11) is 1.69. The number of para-hydroxylation sites is 2. The van der Waals surface area contributed by atoms with Gasteiger partial charge in [0.25, 0.3) is 5.91 Å². The highest BCUT2D eigenvalue weighted by Gasteiger charge is 2.23. The largest absolute Gasteiger partial charge is 0.486 e. The minimum Gasteiger partial charge on any atom is -0.486 e. The van der Waals surface area contributed by atoms with Gasteiger partial charge in [0.1, 0.15) is 6.61 Å². The van der Waals surface area contributed by atoms with Gasteiger partial charge in [0.05, 0.1) is 13.1 Å². The highest BCUT2D eigenvalue weighted by atomic mass is 16.6. The molecule has 1 heterocycles. The number of aryl methyl sites for hydroxylation is 2. The van der Waals surface area contributed by atoms with Crippen LogP contribution in [0.3, 0.4) is 0 Å². The fourth-order valence-corrected chi connectivity index (χ4v) is 2.84. The molecule has 0 saturated heterocycles. The average molecular weight is 368 g/mol. The number of hydrogen-bond donors (Lipinski definition) is 1. The van der Waals surface area contributed by atoms with Gasteiger partial charge in [0, 0.05) is 12.6 Å². The van der Waals surface area contributed by atoms with E-state index >= 15 is 0 Å². The smallest absolute Gasteiger partial charge is 0.251 e. The number of carbonyl (C=O) groups excluding carboxylic acids is 2. The van der Waals surface area contributed by atoms with E-state index < -0.39 is 0 Å². The molecule has 0 fully saturated rings. The van der Waals surface area contributed by atoms with Crippen LogP contribution in [0, 0.1) is 13.8 Å². The molecule has 6 nitrogen and oxygen atoms in total. The molecular weight excluding hydrogens is 344 g/mol. The Morgan fingerprint density at radius 3 is 2.59 bits per heavy atom. The van der Waals surface area contributed by atoms with E-state index in [1.165, 1.54) is 0 Å².